The van der Waals surface area contributed by atoms with Crippen molar-refractivity contribution in [2.24, 2.45) is 5.73 Å². The van der Waals surface area contributed by atoms with Gasteiger partial charge in [0.1, 0.15) is 17.5 Å². The van der Waals surface area contributed by atoms with Crippen LogP contribution in [0.1, 0.15) is 37.3 Å². The number of aromatic nitrogens is 1. The van der Waals surface area contributed by atoms with Crippen LogP contribution < -0.4 is 21.1 Å². The van der Waals surface area contributed by atoms with Gasteiger partial charge in [0.25, 0.3) is 5.56 Å². The number of anilines is 1. The summed E-state index contributed by atoms with van der Waals surface area (Å²) in [6, 6.07) is 2.87. The van der Waals surface area contributed by atoms with Gasteiger partial charge in [-0.2, -0.15) is 5.06 Å². The largest absolute Gasteiger partial charge is 0.493 e. The Balaban J connectivity index is 1.65. The summed E-state index contributed by atoms with van der Waals surface area (Å²) in [5.74, 6) is -0.603. The molecule has 3 aliphatic heterocycles. The minimum Gasteiger partial charge on any atom is -0.493 e. The predicted octanol–water partition coefficient (Wildman–Crippen LogP) is 0.960. The highest BCUT2D eigenvalue weighted by atomic mass is 16.7. The summed E-state index contributed by atoms with van der Waals surface area (Å²) in [5, 5.41) is 1.83. The van der Waals surface area contributed by atoms with Crippen LogP contribution in [0.2, 0.25) is 0 Å². The molecule has 3 aliphatic rings. The van der Waals surface area contributed by atoms with Gasteiger partial charge in [-0.05, 0) is 37.5 Å². The highest BCUT2D eigenvalue weighted by molar-refractivity contribution is 5.99. The molecule has 11 heteroatoms. The van der Waals surface area contributed by atoms with Crippen molar-refractivity contribution in [3.8, 4) is 5.75 Å². The van der Waals surface area contributed by atoms with E-state index in [4.69, 9.17) is 24.8 Å². The Bertz CT molecular complexity index is 1190. The monoisotopic (exact) mass is 486 g/mol. The molecule has 5 rings (SSSR count). The van der Waals surface area contributed by atoms with E-state index >= 15 is 0 Å². The van der Waals surface area contributed by atoms with Gasteiger partial charge in [0.15, 0.2) is 0 Å². The molecule has 1 aromatic carbocycles. The number of carbonyl (C=O) groups is 2. The van der Waals surface area contributed by atoms with E-state index in [1.807, 2.05) is 19.1 Å². The van der Waals surface area contributed by atoms with Gasteiger partial charge in [-0.1, -0.05) is 0 Å². The number of benzene rings is 1. The second-order valence-corrected chi connectivity index (χ2v) is 8.98. The molecule has 0 bridgehead atoms. The lowest BCUT2D eigenvalue weighted by Crippen LogP contribution is -2.46. The number of ether oxygens (including phenoxy) is 3. The van der Waals surface area contributed by atoms with Crippen molar-refractivity contribution in [1.29, 1.82) is 0 Å². The van der Waals surface area contributed by atoms with Gasteiger partial charge in [-0.25, -0.2) is 4.79 Å². The second-order valence-electron chi connectivity index (χ2n) is 8.98. The second kappa shape index (κ2) is 9.84. The Hall–Kier alpha value is -3.15. The molecule has 0 saturated carbocycles. The van der Waals surface area contributed by atoms with Gasteiger partial charge in [-0.3, -0.25) is 14.5 Å². The topological polar surface area (TPSA) is 136 Å². The molecule has 0 spiro atoms. The number of H-pyrrole nitrogens is 1. The van der Waals surface area contributed by atoms with Crippen molar-refractivity contribution in [2.75, 3.05) is 38.0 Å². The van der Waals surface area contributed by atoms with Crippen LogP contribution in [0.3, 0.4) is 0 Å². The first-order valence-electron chi connectivity index (χ1n) is 12.1. The summed E-state index contributed by atoms with van der Waals surface area (Å²) in [7, 11) is 0. The fraction of sp³-hybridized carbons (Fsp3) is 0.542. The number of nitrogens with one attached hydrogen (secondary N) is 1. The van der Waals surface area contributed by atoms with Crippen LogP contribution in [0.5, 0.6) is 5.75 Å². The van der Waals surface area contributed by atoms with Crippen LogP contribution in [0.25, 0.3) is 10.9 Å². The number of hydrogen-bond donors (Lipinski definition) is 2. The van der Waals surface area contributed by atoms with Crippen LogP contribution in [0.15, 0.2) is 16.9 Å². The number of pyridine rings is 1. The molecule has 0 radical (unpaired) electrons. The Morgan fingerprint density at radius 2 is 1.94 bits per heavy atom. The summed E-state index contributed by atoms with van der Waals surface area (Å²) < 4.78 is 17.1. The zero-order chi connectivity index (χ0) is 24.5. The van der Waals surface area contributed by atoms with E-state index in [2.05, 4.69) is 9.88 Å². The Morgan fingerprint density at radius 3 is 2.71 bits per heavy atom. The molecule has 2 saturated heterocycles. The molecule has 1 aromatic heterocycles. The van der Waals surface area contributed by atoms with Crippen LogP contribution in [0.4, 0.5) is 5.69 Å². The number of hydrogen-bond acceptors (Lipinski definition) is 10. The number of aromatic amines is 1. The van der Waals surface area contributed by atoms with Crippen LogP contribution >= 0.6 is 0 Å². The minimum absolute atomic E-state index is 0.0126. The molecule has 2 aromatic rings. The first kappa shape index (κ1) is 23.6. The molecule has 2 fully saturated rings. The van der Waals surface area contributed by atoms with Gasteiger partial charge < -0.3 is 29.8 Å². The van der Waals surface area contributed by atoms with Gasteiger partial charge in [0.05, 0.1) is 30.7 Å². The average Bonchev–Trinajstić information content (AvgIpc) is 2.89. The third kappa shape index (κ3) is 4.71. The van der Waals surface area contributed by atoms with Crippen LogP contribution in [-0.2, 0) is 36.9 Å². The third-order valence-corrected chi connectivity index (χ3v) is 6.56. The lowest BCUT2D eigenvalue weighted by atomic mass is 9.98. The lowest BCUT2D eigenvalue weighted by Gasteiger charge is -2.36. The Labute approximate surface area is 202 Å². The third-order valence-electron chi connectivity index (χ3n) is 6.56. The molecule has 3 N–H and O–H groups in total. The first-order valence-corrected chi connectivity index (χ1v) is 12.1. The van der Waals surface area contributed by atoms with E-state index in [0.717, 1.165) is 18.7 Å². The molecular weight excluding hydrogens is 456 g/mol. The van der Waals surface area contributed by atoms with E-state index in [0.29, 0.717) is 67.1 Å². The number of rotatable bonds is 4. The van der Waals surface area contributed by atoms with E-state index in [-0.39, 0.29) is 18.4 Å². The zero-order valence-corrected chi connectivity index (χ0v) is 19.7. The number of nitrogens with two attached hydrogens (primary N) is 1. The number of fused-ring (bicyclic) bond motifs is 5. The highest BCUT2D eigenvalue weighted by Gasteiger charge is 2.38. The molecule has 4 heterocycles. The predicted molar refractivity (Wildman–Crippen MR) is 126 cm³/mol. The maximum absolute atomic E-state index is 13.1. The molecule has 35 heavy (non-hydrogen) atoms. The maximum Gasteiger partial charge on any atom is 0.349 e. The average molecular weight is 487 g/mol. The van der Waals surface area contributed by atoms with Gasteiger partial charge in [0, 0.05) is 38.0 Å². The van der Waals surface area contributed by atoms with E-state index in [9.17, 15) is 14.4 Å². The number of esters is 1. The van der Waals surface area contributed by atoms with Crippen molar-refractivity contribution < 1.29 is 28.6 Å². The molecule has 2 atom stereocenters. The minimum atomic E-state index is -0.980. The van der Waals surface area contributed by atoms with Crippen molar-refractivity contribution in [3.05, 3.63) is 33.6 Å². The van der Waals surface area contributed by atoms with Gasteiger partial charge in [-0.15, -0.1) is 0 Å². The number of morpholine rings is 1. The van der Waals surface area contributed by atoms with E-state index in [1.54, 1.807) is 0 Å². The fourth-order valence-corrected chi connectivity index (χ4v) is 4.83. The summed E-state index contributed by atoms with van der Waals surface area (Å²) in [5.41, 5.74) is 7.98. The quantitative estimate of drug-likeness (QED) is 0.601. The fourth-order valence-electron chi connectivity index (χ4n) is 4.83. The van der Waals surface area contributed by atoms with Crippen molar-refractivity contribution >= 4 is 28.5 Å². The maximum atomic E-state index is 13.1. The normalized spacial score (nSPS) is 23.4. The van der Waals surface area contributed by atoms with Crippen LogP contribution in [-0.4, -0.2) is 67.0 Å². The lowest BCUT2D eigenvalue weighted by molar-refractivity contribution is -0.160. The van der Waals surface area contributed by atoms with Gasteiger partial charge >= 0.3 is 11.9 Å². The Morgan fingerprint density at radius 1 is 1.14 bits per heavy atom. The summed E-state index contributed by atoms with van der Waals surface area (Å²) >= 11 is 0. The molecule has 1 unspecified atom stereocenters. The first-order chi connectivity index (χ1) is 16.9. The van der Waals surface area contributed by atoms with Crippen LogP contribution in [0, 0.1) is 0 Å². The van der Waals surface area contributed by atoms with Crippen molar-refractivity contribution in [2.45, 2.75) is 51.4 Å². The van der Waals surface area contributed by atoms with Crippen molar-refractivity contribution in [3.63, 3.8) is 0 Å². The van der Waals surface area contributed by atoms with E-state index < -0.39 is 24.2 Å². The Kier molecular flexibility index (Phi) is 6.63. The zero-order valence-electron chi connectivity index (χ0n) is 19.7. The SMILES string of the molecule is CCOc1cc(CN2CCOCC2)cc2[nH]c(=O)c3c(c12)N1OC(=O)[C@H](N)CCC(=O)OC1CC3. The smallest absolute Gasteiger partial charge is 0.349 e. The molecule has 11 nitrogen and oxygen atoms in total. The number of hydroxylamine groups is 1. The summed E-state index contributed by atoms with van der Waals surface area (Å²) in [4.78, 5) is 49.1. The molecular formula is C24H30N4O7. The molecule has 0 aliphatic carbocycles. The molecule has 188 valence electrons. The molecule has 0 amide bonds. The van der Waals surface area contributed by atoms with Crippen molar-refractivity contribution in [1.82, 2.24) is 9.88 Å². The highest BCUT2D eigenvalue weighted by Crippen LogP contribution is 2.41. The summed E-state index contributed by atoms with van der Waals surface area (Å²) in [6.07, 6.45) is -0.0827. The standard InChI is InChI=1S/C24H30N4O7/c1-2-33-18-12-14(13-27-7-9-32-10-8-27)11-17-21(18)22-15(23(30)26-17)3-5-19-28(22)35-24(31)16(25)4-6-20(29)34-19/h11-12,16,19H,2-10,13,25H2,1H3,(H,26,30)/t16-,19?/m1/s1. The van der Waals surface area contributed by atoms with E-state index in [1.165, 1.54) is 5.06 Å². The number of carbonyl (C=O) groups excluding carboxylic acids is 2. The number of nitrogens with zero attached hydrogens (tertiary/aromatic N) is 2. The summed E-state index contributed by atoms with van der Waals surface area (Å²) in [6.45, 7) is 5.94. The van der Waals surface area contributed by atoms with Gasteiger partial charge in [0.2, 0.25) is 6.23 Å².